The van der Waals surface area contributed by atoms with Crippen LogP contribution in [0.5, 0.6) is 0 Å². The van der Waals surface area contributed by atoms with Crippen LogP contribution in [0.4, 0.5) is 5.82 Å². The summed E-state index contributed by atoms with van der Waals surface area (Å²) in [6.45, 7) is 1.84. The van der Waals surface area contributed by atoms with E-state index in [0.29, 0.717) is 12.2 Å². The van der Waals surface area contributed by atoms with E-state index in [9.17, 15) is 21.6 Å². The highest BCUT2D eigenvalue weighted by Gasteiger charge is 2.37. The van der Waals surface area contributed by atoms with Gasteiger partial charge in [0.05, 0.1) is 28.1 Å². The molecule has 1 aromatic carbocycles. The van der Waals surface area contributed by atoms with Crippen LogP contribution in [0.2, 0.25) is 0 Å². The molecule has 0 saturated carbocycles. The lowest BCUT2D eigenvalue weighted by atomic mass is 9.86. The van der Waals surface area contributed by atoms with Crippen LogP contribution < -0.4 is 5.32 Å². The van der Waals surface area contributed by atoms with E-state index in [1.807, 2.05) is 6.92 Å². The third kappa shape index (κ3) is 3.35. The molecule has 0 spiro atoms. The topological polar surface area (TPSA) is 115 Å². The Morgan fingerprint density at radius 1 is 1.21 bits per heavy atom. The Bertz CT molecular complexity index is 1160. The molecule has 1 N–H and O–H groups in total. The second-order valence-electron chi connectivity index (χ2n) is 7.50. The lowest BCUT2D eigenvalue weighted by molar-refractivity contribution is -0.116. The van der Waals surface area contributed by atoms with Gasteiger partial charge in [0.1, 0.15) is 5.82 Å². The minimum absolute atomic E-state index is 0.0180. The number of amides is 1. The fraction of sp³-hybridized carbons (Fsp3) is 0.444. The zero-order valence-electron chi connectivity index (χ0n) is 15.5. The fourth-order valence-electron chi connectivity index (χ4n) is 4.04. The third-order valence-corrected chi connectivity index (χ3v) is 8.27. The highest BCUT2D eigenvalue weighted by Crippen LogP contribution is 2.41. The molecular weight excluding hydrogens is 402 g/mol. The van der Waals surface area contributed by atoms with Crippen LogP contribution in [-0.4, -0.2) is 50.3 Å². The summed E-state index contributed by atoms with van der Waals surface area (Å²) >= 11 is 0. The summed E-state index contributed by atoms with van der Waals surface area (Å²) in [4.78, 5) is 12.6. The van der Waals surface area contributed by atoms with Crippen LogP contribution in [0.3, 0.4) is 0 Å². The lowest BCUT2D eigenvalue weighted by Gasteiger charge is -2.25. The molecule has 1 fully saturated rings. The van der Waals surface area contributed by atoms with Gasteiger partial charge in [0.25, 0.3) is 0 Å². The van der Waals surface area contributed by atoms with Crippen LogP contribution in [-0.2, 0) is 24.5 Å². The number of sulfone groups is 2. The van der Waals surface area contributed by atoms with Gasteiger partial charge in [0.15, 0.2) is 19.7 Å². The predicted octanol–water partition coefficient (Wildman–Crippen LogP) is 1.43. The smallest absolute Gasteiger partial charge is 0.226 e. The maximum absolute atomic E-state index is 12.4. The van der Waals surface area contributed by atoms with Crippen molar-refractivity contribution < 1.29 is 21.6 Å². The van der Waals surface area contributed by atoms with E-state index in [-0.39, 0.29) is 40.7 Å². The van der Waals surface area contributed by atoms with Crippen molar-refractivity contribution in [1.82, 2.24) is 9.78 Å². The normalized spacial score (nSPS) is 24.0. The van der Waals surface area contributed by atoms with E-state index in [4.69, 9.17) is 0 Å². The summed E-state index contributed by atoms with van der Waals surface area (Å²) in [6.07, 6.45) is 1.85. The van der Waals surface area contributed by atoms with Crippen molar-refractivity contribution in [3.63, 3.8) is 0 Å². The van der Waals surface area contributed by atoms with E-state index >= 15 is 0 Å². The predicted molar refractivity (Wildman–Crippen MR) is 104 cm³/mol. The number of anilines is 1. The van der Waals surface area contributed by atoms with Crippen LogP contribution in [0.25, 0.3) is 0 Å². The second kappa shape index (κ2) is 6.41. The summed E-state index contributed by atoms with van der Waals surface area (Å²) in [6, 6.07) is 6.24. The van der Waals surface area contributed by atoms with Gasteiger partial charge in [0, 0.05) is 24.2 Å². The van der Waals surface area contributed by atoms with E-state index in [1.54, 1.807) is 28.9 Å². The largest absolute Gasteiger partial charge is 0.311 e. The average molecular weight is 424 g/mol. The van der Waals surface area contributed by atoms with Crippen molar-refractivity contribution in [3.05, 3.63) is 41.1 Å². The molecule has 2 aromatic rings. The Morgan fingerprint density at radius 3 is 2.46 bits per heavy atom. The molecule has 0 aliphatic carbocycles. The molecule has 8 nitrogen and oxygen atoms in total. The molecule has 2 aliphatic heterocycles. The zero-order chi connectivity index (χ0) is 20.3. The van der Waals surface area contributed by atoms with Crippen molar-refractivity contribution in [3.8, 4) is 0 Å². The van der Waals surface area contributed by atoms with Crippen molar-refractivity contribution in [2.75, 3.05) is 23.1 Å². The molecule has 2 aliphatic rings. The zero-order valence-corrected chi connectivity index (χ0v) is 17.2. The molecule has 28 heavy (non-hydrogen) atoms. The van der Waals surface area contributed by atoms with Gasteiger partial charge in [-0.05, 0) is 31.0 Å². The maximum atomic E-state index is 12.4. The number of rotatable bonds is 3. The van der Waals surface area contributed by atoms with E-state index < -0.39 is 19.7 Å². The molecule has 1 amide bonds. The van der Waals surface area contributed by atoms with Crippen molar-refractivity contribution >= 4 is 31.4 Å². The minimum Gasteiger partial charge on any atom is -0.311 e. The number of aryl methyl sites for hydroxylation is 1. The number of hydrogen-bond donors (Lipinski definition) is 1. The standard InChI is InChI=1S/C18H21N3O5S2/c1-11-17-15(12-3-5-14(6-4-12)27(2,23)24)9-16(22)19-18(17)21(20-11)13-7-8-28(25,26)10-13/h3-6,13,15H,7-10H2,1-2H3,(H,19,22)/t13-,15-/m1/s1. The van der Waals surface area contributed by atoms with Gasteiger partial charge in [-0.3, -0.25) is 4.79 Å². The first-order valence-electron chi connectivity index (χ1n) is 8.94. The Labute approximate surface area is 163 Å². The first-order valence-corrected chi connectivity index (χ1v) is 12.7. The molecule has 4 rings (SSSR count). The van der Waals surface area contributed by atoms with Gasteiger partial charge in [-0.25, -0.2) is 21.5 Å². The van der Waals surface area contributed by atoms with Crippen LogP contribution in [0.1, 0.15) is 41.6 Å². The molecule has 150 valence electrons. The number of carbonyl (C=O) groups is 1. The molecule has 3 heterocycles. The van der Waals surface area contributed by atoms with Gasteiger partial charge in [-0.2, -0.15) is 5.10 Å². The highest BCUT2D eigenvalue weighted by molar-refractivity contribution is 7.91. The van der Waals surface area contributed by atoms with E-state index in [0.717, 1.165) is 23.1 Å². The van der Waals surface area contributed by atoms with Crippen LogP contribution in [0, 0.1) is 6.92 Å². The Hall–Kier alpha value is -2.20. The van der Waals surface area contributed by atoms with Gasteiger partial charge >= 0.3 is 0 Å². The van der Waals surface area contributed by atoms with Crippen LogP contribution >= 0.6 is 0 Å². The Kier molecular flexibility index (Phi) is 4.38. The number of hydrogen-bond acceptors (Lipinski definition) is 6. The summed E-state index contributed by atoms with van der Waals surface area (Å²) in [5.74, 6) is 0.253. The summed E-state index contributed by atoms with van der Waals surface area (Å²) in [5.41, 5.74) is 2.41. The van der Waals surface area contributed by atoms with E-state index in [2.05, 4.69) is 10.4 Å². The molecule has 0 unspecified atom stereocenters. The van der Waals surface area contributed by atoms with Gasteiger partial charge in [-0.1, -0.05) is 12.1 Å². The monoisotopic (exact) mass is 423 g/mol. The lowest BCUT2D eigenvalue weighted by Crippen LogP contribution is -2.26. The second-order valence-corrected chi connectivity index (χ2v) is 11.7. The van der Waals surface area contributed by atoms with Gasteiger partial charge < -0.3 is 5.32 Å². The third-order valence-electron chi connectivity index (χ3n) is 5.39. The first kappa shape index (κ1) is 19.1. The number of fused-ring (bicyclic) bond motifs is 1. The molecule has 10 heteroatoms. The van der Waals surface area contributed by atoms with Crippen molar-refractivity contribution in [2.45, 2.75) is 36.6 Å². The van der Waals surface area contributed by atoms with Gasteiger partial charge in [-0.15, -0.1) is 0 Å². The van der Waals surface area contributed by atoms with E-state index in [1.165, 1.54) is 0 Å². The number of nitrogens with zero attached hydrogens (tertiary/aromatic N) is 2. The molecular formula is C18H21N3O5S2. The number of aromatic nitrogens is 2. The number of nitrogens with one attached hydrogen (secondary N) is 1. The molecule has 1 saturated heterocycles. The molecule has 2 atom stereocenters. The maximum Gasteiger partial charge on any atom is 0.226 e. The number of benzene rings is 1. The van der Waals surface area contributed by atoms with Crippen LogP contribution in [0.15, 0.2) is 29.2 Å². The SMILES string of the molecule is Cc1nn([C@@H]2CCS(=O)(=O)C2)c2c1[C@@H](c1ccc(S(C)(=O)=O)cc1)CC(=O)N2. The fourth-order valence-corrected chi connectivity index (χ4v) is 6.36. The van der Waals surface area contributed by atoms with Gasteiger partial charge in [0.2, 0.25) is 5.91 Å². The number of carbonyl (C=O) groups excluding carboxylic acids is 1. The Morgan fingerprint density at radius 2 is 1.89 bits per heavy atom. The summed E-state index contributed by atoms with van der Waals surface area (Å²) < 4.78 is 48.8. The molecule has 0 radical (unpaired) electrons. The van der Waals surface area contributed by atoms with Crippen molar-refractivity contribution in [2.24, 2.45) is 0 Å². The highest BCUT2D eigenvalue weighted by atomic mass is 32.2. The Balaban J connectivity index is 1.77. The average Bonchev–Trinajstić information content (AvgIpc) is 3.13. The first-order chi connectivity index (χ1) is 13.0. The molecule has 0 bridgehead atoms. The quantitative estimate of drug-likeness (QED) is 0.799. The molecule has 1 aromatic heterocycles. The minimum atomic E-state index is -3.30. The van der Waals surface area contributed by atoms with Crippen molar-refractivity contribution in [1.29, 1.82) is 0 Å². The summed E-state index contributed by atoms with van der Waals surface area (Å²) in [5, 5.41) is 7.41. The summed E-state index contributed by atoms with van der Waals surface area (Å²) in [7, 11) is -6.39.